The van der Waals surface area contributed by atoms with Gasteiger partial charge in [0.1, 0.15) is 5.75 Å². The molecule has 0 amide bonds. The quantitative estimate of drug-likeness (QED) is 0.278. The Hall–Kier alpha value is -2.25. The Labute approximate surface area is 194 Å². The predicted molar refractivity (Wildman–Crippen MR) is 127 cm³/mol. The normalized spacial score (nSPS) is 12.7. The Balaban J connectivity index is 1.66. The van der Waals surface area contributed by atoms with Gasteiger partial charge >= 0.3 is 12.1 Å². The zero-order chi connectivity index (χ0) is 23.5. The third-order valence-corrected chi connectivity index (χ3v) is 8.27. The maximum Gasteiger partial charge on any atom is 0.416 e. The van der Waals surface area contributed by atoms with Crippen LogP contribution >= 0.6 is 11.3 Å². The van der Waals surface area contributed by atoms with Gasteiger partial charge < -0.3 is 5.11 Å². The second-order valence-corrected chi connectivity index (χ2v) is 10.3. The Morgan fingerprint density at radius 3 is 2.34 bits per heavy atom. The fourth-order valence-corrected chi connectivity index (χ4v) is 6.06. The first kappa shape index (κ1) is 24.4. The maximum atomic E-state index is 12.8. The van der Waals surface area contributed by atoms with E-state index in [1.165, 1.54) is 33.7 Å². The van der Waals surface area contributed by atoms with Crippen molar-refractivity contribution in [2.24, 2.45) is 0 Å². The van der Waals surface area contributed by atoms with Crippen LogP contribution in [0.1, 0.15) is 46.4 Å². The fraction of sp³-hybridized carbons (Fsp3) is 0.320. The Kier molecular flexibility index (Phi) is 7.72. The average molecular weight is 480 g/mol. The summed E-state index contributed by atoms with van der Waals surface area (Å²) in [6.07, 6.45) is -3.65. The van der Waals surface area contributed by atoms with Gasteiger partial charge in [0.25, 0.3) is 0 Å². The number of carboxylic acids is 1. The monoisotopic (exact) mass is 479 g/mol. The van der Waals surface area contributed by atoms with Gasteiger partial charge in [-0.15, -0.1) is 11.3 Å². The number of carbonyl (C=O) groups is 1. The first-order valence-corrected chi connectivity index (χ1v) is 12.2. The van der Waals surface area contributed by atoms with Crippen LogP contribution < -0.4 is 0 Å². The smallest absolute Gasteiger partial charge is 0.416 e. The topological polar surface area (TPSA) is 37.3 Å². The van der Waals surface area contributed by atoms with Gasteiger partial charge in [-0.25, -0.2) is 0 Å². The van der Waals surface area contributed by atoms with Crippen molar-refractivity contribution in [3.05, 3.63) is 75.7 Å². The van der Waals surface area contributed by atoms with Crippen LogP contribution in [-0.4, -0.2) is 16.8 Å². The zero-order valence-corrected chi connectivity index (χ0v) is 19.9. The first-order valence-electron chi connectivity index (χ1n) is 10.3. The Morgan fingerprint density at radius 2 is 1.75 bits per heavy atom. The predicted octanol–water partition coefficient (Wildman–Crippen LogP) is 7.05. The van der Waals surface area contributed by atoms with Crippen molar-refractivity contribution in [2.75, 3.05) is 5.75 Å². The summed E-state index contributed by atoms with van der Waals surface area (Å²) in [5, 5.41) is 8.87. The number of hydrogen-bond acceptors (Lipinski definition) is 2. The number of carboxylic acid groups (broad SMARTS) is 1. The van der Waals surface area contributed by atoms with E-state index in [9.17, 15) is 18.0 Å². The van der Waals surface area contributed by atoms with Crippen molar-refractivity contribution in [3.63, 3.8) is 0 Å². The molecule has 0 saturated carbocycles. The molecule has 0 spiro atoms. The summed E-state index contributed by atoms with van der Waals surface area (Å²) < 4.78 is 38.4. The molecule has 0 radical (unpaired) electrons. The molecule has 0 aliphatic rings. The second kappa shape index (κ2) is 10.1. The lowest BCUT2D eigenvalue weighted by Gasteiger charge is -2.08. The molecular weight excluding hydrogens is 453 g/mol. The molecule has 1 heterocycles. The number of rotatable bonds is 8. The van der Waals surface area contributed by atoms with E-state index < -0.39 is 17.7 Å². The van der Waals surface area contributed by atoms with Crippen LogP contribution in [0.3, 0.4) is 0 Å². The molecule has 0 saturated heterocycles. The van der Waals surface area contributed by atoms with Crippen LogP contribution in [0.15, 0.2) is 53.4 Å². The molecular formula is C25H26F3O2S2+. The summed E-state index contributed by atoms with van der Waals surface area (Å²) in [7, 11) is 0. The minimum absolute atomic E-state index is 0.133. The molecule has 32 heavy (non-hydrogen) atoms. The third kappa shape index (κ3) is 6.17. The highest BCUT2D eigenvalue weighted by molar-refractivity contribution is 7.78. The van der Waals surface area contributed by atoms with Gasteiger partial charge in [0.05, 0.1) is 5.56 Å². The van der Waals surface area contributed by atoms with E-state index in [1.807, 2.05) is 19.9 Å². The van der Waals surface area contributed by atoms with Crippen molar-refractivity contribution in [1.29, 1.82) is 0 Å². The standard InChI is InChI=1S/C25H25F3O2S2/c1-15-12-21(10-6-18(15)7-11-23(29)30)31-14-17(3)24-16(2)13-22(32-24)19-4-8-20(9-5-19)25(26,27)28/h4-6,8-10,12-13,17H,7,11,14H2,1-3H3,(H,29,30)/p+1. The molecule has 3 aromatic rings. The molecule has 170 valence electrons. The Bertz CT molecular complexity index is 1090. The largest absolute Gasteiger partial charge is 0.481 e. The number of hydrogen-bond donors (Lipinski definition) is 1. The molecule has 2 nitrogen and oxygen atoms in total. The number of aryl methyl sites for hydroxylation is 3. The number of thiol groups is 1. The van der Waals surface area contributed by atoms with Gasteiger partial charge in [-0.3, -0.25) is 4.79 Å². The summed E-state index contributed by atoms with van der Waals surface area (Å²) in [4.78, 5) is 14.2. The summed E-state index contributed by atoms with van der Waals surface area (Å²) >= 11 is 2.83. The molecule has 7 heteroatoms. The first-order chi connectivity index (χ1) is 15.0. The number of aliphatic carboxylic acids is 1. The van der Waals surface area contributed by atoms with Crippen molar-refractivity contribution >= 4 is 29.1 Å². The van der Waals surface area contributed by atoms with Gasteiger partial charge in [-0.2, -0.15) is 13.2 Å². The highest BCUT2D eigenvalue weighted by atomic mass is 32.2. The Morgan fingerprint density at radius 1 is 1.06 bits per heavy atom. The number of benzene rings is 2. The molecule has 1 aromatic heterocycles. The fourth-order valence-electron chi connectivity index (χ4n) is 3.58. The molecule has 1 unspecified atom stereocenters. The van der Waals surface area contributed by atoms with Crippen LogP contribution in [-0.2, 0) is 29.2 Å². The summed E-state index contributed by atoms with van der Waals surface area (Å²) in [5.41, 5.74) is 3.50. The number of halogens is 3. The maximum absolute atomic E-state index is 12.8. The number of alkyl halides is 3. The van der Waals surface area contributed by atoms with Crippen LogP contribution in [0.25, 0.3) is 10.4 Å². The summed E-state index contributed by atoms with van der Waals surface area (Å²) in [6.45, 7) is 6.24. The van der Waals surface area contributed by atoms with Crippen LogP contribution in [0.5, 0.6) is 0 Å². The molecule has 0 aliphatic carbocycles. The van der Waals surface area contributed by atoms with Gasteiger partial charge in [-0.05, 0) is 72.9 Å². The van der Waals surface area contributed by atoms with Crippen molar-refractivity contribution < 1.29 is 23.1 Å². The lowest BCUT2D eigenvalue weighted by molar-refractivity contribution is -0.138. The van der Waals surface area contributed by atoms with E-state index in [-0.39, 0.29) is 6.42 Å². The van der Waals surface area contributed by atoms with E-state index in [4.69, 9.17) is 5.11 Å². The average Bonchev–Trinajstić information content (AvgIpc) is 3.12. The molecule has 3 rings (SSSR count). The van der Waals surface area contributed by atoms with Gasteiger partial charge in [0.15, 0.2) is 4.90 Å². The van der Waals surface area contributed by atoms with E-state index in [1.54, 1.807) is 11.3 Å². The van der Waals surface area contributed by atoms with Crippen molar-refractivity contribution in [2.45, 2.75) is 50.6 Å². The highest BCUT2D eigenvalue weighted by Crippen LogP contribution is 2.37. The summed E-state index contributed by atoms with van der Waals surface area (Å²) in [6, 6.07) is 13.6. The lowest BCUT2D eigenvalue weighted by atomic mass is 10.0. The van der Waals surface area contributed by atoms with Crippen LogP contribution in [0, 0.1) is 13.8 Å². The van der Waals surface area contributed by atoms with E-state index in [0.29, 0.717) is 12.3 Å². The van der Waals surface area contributed by atoms with Crippen LogP contribution in [0.4, 0.5) is 13.2 Å². The number of thiophene rings is 1. The second-order valence-electron chi connectivity index (χ2n) is 7.98. The van der Waals surface area contributed by atoms with Gasteiger partial charge in [0.2, 0.25) is 0 Å². The van der Waals surface area contributed by atoms with E-state index in [2.05, 4.69) is 25.1 Å². The van der Waals surface area contributed by atoms with E-state index in [0.717, 1.165) is 45.0 Å². The van der Waals surface area contributed by atoms with Crippen molar-refractivity contribution in [3.8, 4) is 10.4 Å². The van der Waals surface area contributed by atoms with Gasteiger partial charge in [0, 0.05) is 33.9 Å². The third-order valence-electron chi connectivity index (χ3n) is 5.38. The van der Waals surface area contributed by atoms with Crippen molar-refractivity contribution in [1.82, 2.24) is 0 Å². The van der Waals surface area contributed by atoms with Crippen LogP contribution in [0.2, 0.25) is 0 Å². The molecule has 0 aliphatic heterocycles. The molecule has 1 N–H and O–H groups in total. The van der Waals surface area contributed by atoms with Gasteiger partial charge in [-0.1, -0.05) is 25.1 Å². The minimum atomic E-state index is -4.32. The minimum Gasteiger partial charge on any atom is -0.481 e. The molecule has 0 fully saturated rings. The highest BCUT2D eigenvalue weighted by Gasteiger charge is 2.30. The molecule has 2 aromatic carbocycles. The summed E-state index contributed by atoms with van der Waals surface area (Å²) in [5.74, 6) is 0.459. The molecule has 1 atom stereocenters. The molecule has 0 bridgehead atoms. The zero-order valence-electron chi connectivity index (χ0n) is 18.2. The van der Waals surface area contributed by atoms with E-state index >= 15 is 0 Å². The SMILES string of the molecule is Cc1cc([SH+]CC(C)c2sc(-c3ccc(C(F)(F)F)cc3)cc2C)ccc1CCC(=O)O. The lowest BCUT2D eigenvalue weighted by Crippen LogP contribution is -2.03.